The Morgan fingerprint density at radius 3 is 2.69 bits per heavy atom. The van der Waals surface area contributed by atoms with Gasteiger partial charge in [-0.15, -0.1) is 0 Å². The molecule has 26 heavy (non-hydrogen) atoms. The molecule has 5 nitrogen and oxygen atoms in total. The van der Waals surface area contributed by atoms with Gasteiger partial charge in [0.15, 0.2) is 0 Å². The van der Waals surface area contributed by atoms with Crippen molar-refractivity contribution in [2.24, 2.45) is 17.6 Å². The molecule has 2 atom stereocenters. The molecule has 0 spiro atoms. The van der Waals surface area contributed by atoms with Gasteiger partial charge in [0.2, 0.25) is 0 Å². The number of rotatable bonds is 2. The second kappa shape index (κ2) is 6.12. The van der Waals surface area contributed by atoms with Gasteiger partial charge in [0.05, 0.1) is 27.4 Å². The summed E-state index contributed by atoms with van der Waals surface area (Å²) in [6.07, 6.45) is 4.21. The van der Waals surface area contributed by atoms with Crippen LogP contribution in [0.4, 0.5) is 5.69 Å². The first-order valence-electron chi connectivity index (χ1n) is 8.89. The van der Waals surface area contributed by atoms with Gasteiger partial charge in [0.1, 0.15) is 11.2 Å². The molecule has 134 valence electrons. The highest BCUT2D eigenvalue weighted by Gasteiger charge is 2.39. The summed E-state index contributed by atoms with van der Waals surface area (Å²) >= 11 is 12.5. The zero-order chi connectivity index (χ0) is 17.8. The Balaban J connectivity index is 1.48. The molecule has 0 bridgehead atoms. The molecule has 0 amide bonds. The fourth-order valence-corrected chi connectivity index (χ4v) is 4.89. The summed E-state index contributed by atoms with van der Waals surface area (Å²) in [5, 5.41) is 8.54. The van der Waals surface area contributed by atoms with E-state index in [1.54, 1.807) is 6.07 Å². The van der Waals surface area contributed by atoms with E-state index in [9.17, 15) is 0 Å². The van der Waals surface area contributed by atoms with Crippen molar-refractivity contribution in [3.63, 3.8) is 0 Å². The molecule has 3 heterocycles. The molecule has 1 aliphatic heterocycles. The first-order valence-corrected chi connectivity index (χ1v) is 9.65. The van der Waals surface area contributed by atoms with Crippen molar-refractivity contribution in [3.8, 4) is 11.3 Å². The summed E-state index contributed by atoms with van der Waals surface area (Å²) < 4.78 is 0. The third-order valence-corrected chi connectivity index (χ3v) is 6.56. The predicted octanol–water partition coefficient (Wildman–Crippen LogP) is 4.11. The Hall–Kier alpha value is -1.82. The number of nitrogens with two attached hydrogens (primary N) is 1. The number of aromatic nitrogens is 3. The van der Waals surface area contributed by atoms with E-state index in [2.05, 4.69) is 26.1 Å². The van der Waals surface area contributed by atoms with E-state index >= 15 is 0 Å². The number of hydrogen-bond donors (Lipinski definition) is 2. The maximum atomic E-state index is 6.35. The normalized spacial score (nSPS) is 25.2. The number of anilines is 1. The average Bonchev–Trinajstić information content (AvgIpc) is 3.29. The van der Waals surface area contributed by atoms with Crippen LogP contribution < -0.4 is 10.6 Å². The zero-order valence-corrected chi connectivity index (χ0v) is 15.6. The summed E-state index contributed by atoms with van der Waals surface area (Å²) in [6.45, 7) is 2.12. The molecular formula is C19H19Cl2N5. The minimum Gasteiger partial charge on any atom is -0.370 e. The fourth-order valence-electron chi connectivity index (χ4n) is 4.50. The van der Waals surface area contributed by atoms with E-state index in [4.69, 9.17) is 28.9 Å². The van der Waals surface area contributed by atoms with Crippen molar-refractivity contribution >= 4 is 39.9 Å². The van der Waals surface area contributed by atoms with Crippen LogP contribution in [0.3, 0.4) is 0 Å². The van der Waals surface area contributed by atoms with Crippen molar-refractivity contribution in [1.82, 2.24) is 15.2 Å². The lowest BCUT2D eigenvalue weighted by molar-refractivity contribution is 0.494. The number of aromatic amines is 1. The summed E-state index contributed by atoms with van der Waals surface area (Å²) in [7, 11) is 0. The van der Waals surface area contributed by atoms with Crippen LogP contribution in [-0.4, -0.2) is 34.3 Å². The van der Waals surface area contributed by atoms with Crippen LogP contribution in [-0.2, 0) is 0 Å². The number of fused-ring (bicyclic) bond motifs is 2. The maximum absolute atomic E-state index is 6.35. The maximum Gasteiger partial charge on any atom is 0.120 e. The van der Waals surface area contributed by atoms with E-state index in [-0.39, 0.29) is 0 Å². The van der Waals surface area contributed by atoms with Gasteiger partial charge in [-0.3, -0.25) is 10.1 Å². The fraction of sp³-hybridized carbons (Fsp3) is 0.368. The first kappa shape index (κ1) is 16.4. The molecule has 2 unspecified atom stereocenters. The summed E-state index contributed by atoms with van der Waals surface area (Å²) in [5.41, 5.74) is 10.5. The van der Waals surface area contributed by atoms with E-state index < -0.39 is 0 Å². The van der Waals surface area contributed by atoms with Crippen molar-refractivity contribution in [2.45, 2.75) is 18.9 Å². The van der Waals surface area contributed by atoms with Crippen LogP contribution in [0, 0.1) is 11.8 Å². The smallest absolute Gasteiger partial charge is 0.120 e. The van der Waals surface area contributed by atoms with Crippen LogP contribution in [0.1, 0.15) is 12.8 Å². The Labute approximate surface area is 161 Å². The Bertz CT molecular complexity index is 971. The van der Waals surface area contributed by atoms with E-state index in [0.717, 1.165) is 53.9 Å². The summed E-state index contributed by atoms with van der Waals surface area (Å²) in [5.74, 6) is 1.42. The lowest BCUT2D eigenvalue weighted by Crippen LogP contribution is -2.25. The second-order valence-electron chi connectivity index (χ2n) is 7.42. The van der Waals surface area contributed by atoms with Gasteiger partial charge in [-0.25, -0.2) is 0 Å². The Kier molecular flexibility index (Phi) is 3.85. The van der Waals surface area contributed by atoms with Gasteiger partial charge in [-0.05, 0) is 36.8 Å². The van der Waals surface area contributed by atoms with Crippen LogP contribution in [0.2, 0.25) is 10.0 Å². The first-order chi connectivity index (χ1) is 12.6. The van der Waals surface area contributed by atoms with E-state index in [1.807, 2.05) is 18.3 Å². The molecular weight excluding hydrogens is 369 g/mol. The molecule has 3 aromatic rings. The minimum absolute atomic E-state index is 0.380. The molecule has 1 saturated heterocycles. The second-order valence-corrected chi connectivity index (χ2v) is 8.21. The number of halogens is 2. The van der Waals surface area contributed by atoms with Crippen molar-refractivity contribution in [2.75, 3.05) is 18.0 Å². The van der Waals surface area contributed by atoms with Gasteiger partial charge in [0.25, 0.3) is 0 Å². The molecule has 5 rings (SSSR count). The Morgan fingerprint density at radius 2 is 1.92 bits per heavy atom. The monoisotopic (exact) mass is 387 g/mol. The highest BCUT2D eigenvalue weighted by molar-refractivity contribution is 6.43. The molecule has 1 saturated carbocycles. The van der Waals surface area contributed by atoms with Crippen LogP contribution in [0.5, 0.6) is 0 Å². The van der Waals surface area contributed by atoms with Crippen LogP contribution in [0.15, 0.2) is 30.5 Å². The largest absolute Gasteiger partial charge is 0.370 e. The van der Waals surface area contributed by atoms with Crippen LogP contribution >= 0.6 is 23.2 Å². The third kappa shape index (κ3) is 2.57. The number of pyridine rings is 1. The summed E-state index contributed by atoms with van der Waals surface area (Å²) in [6, 6.07) is 8.05. The highest BCUT2D eigenvalue weighted by Crippen LogP contribution is 2.40. The molecule has 7 heteroatoms. The lowest BCUT2D eigenvalue weighted by Gasteiger charge is -2.20. The third-order valence-electron chi connectivity index (χ3n) is 5.75. The van der Waals surface area contributed by atoms with Gasteiger partial charge >= 0.3 is 0 Å². The summed E-state index contributed by atoms with van der Waals surface area (Å²) in [4.78, 5) is 7.10. The van der Waals surface area contributed by atoms with Gasteiger partial charge < -0.3 is 10.6 Å². The number of nitrogens with zero attached hydrogens (tertiary/aromatic N) is 3. The lowest BCUT2D eigenvalue weighted by atomic mass is 10.0. The standard InChI is InChI=1S/C19H19Cl2N5/c20-15-3-1-2-14(17(15)21)18-19-16(24-25-18)6-13(7-23-19)26-8-10-4-12(22)5-11(10)9-26/h1-3,6-7,10-12H,4-5,8-9,22H2,(H,24,25). The van der Waals surface area contributed by atoms with E-state index in [1.165, 1.54) is 0 Å². The van der Waals surface area contributed by atoms with Gasteiger partial charge in [-0.1, -0.05) is 35.3 Å². The van der Waals surface area contributed by atoms with Gasteiger partial charge in [-0.2, -0.15) is 5.10 Å². The average molecular weight is 388 g/mol. The van der Waals surface area contributed by atoms with Crippen molar-refractivity contribution in [3.05, 3.63) is 40.5 Å². The molecule has 1 aromatic carbocycles. The number of benzene rings is 1. The highest BCUT2D eigenvalue weighted by atomic mass is 35.5. The van der Waals surface area contributed by atoms with Gasteiger partial charge in [0, 0.05) is 24.7 Å². The quantitative estimate of drug-likeness (QED) is 0.693. The number of hydrogen-bond acceptors (Lipinski definition) is 4. The molecule has 2 aliphatic rings. The predicted molar refractivity (Wildman–Crippen MR) is 106 cm³/mol. The van der Waals surface area contributed by atoms with Crippen LogP contribution in [0.25, 0.3) is 22.3 Å². The van der Waals surface area contributed by atoms with Crippen molar-refractivity contribution < 1.29 is 0 Å². The Morgan fingerprint density at radius 1 is 1.15 bits per heavy atom. The molecule has 3 N–H and O–H groups in total. The van der Waals surface area contributed by atoms with Crippen molar-refractivity contribution in [1.29, 1.82) is 0 Å². The van der Waals surface area contributed by atoms with E-state index in [0.29, 0.717) is 27.9 Å². The molecule has 1 aliphatic carbocycles. The minimum atomic E-state index is 0.380. The molecule has 2 fully saturated rings. The molecule has 2 aromatic heterocycles. The number of nitrogens with one attached hydrogen (secondary N) is 1. The zero-order valence-electron chi connectivity index (χ0n) is 14.1. The number of H-pyrrole nitrogens is 1. The SMILES string of the molecule is NC1CC2CN(c3cnc4c(-c5cccc(Cl)c5Cl)n[nH]c4c3)CC2C1. The topological polar surface area (TPSA) is 70.8 Å². The molecule has 0 radical (unpaired) electrons.